The van der Waals surface area contributed by atoms with Crippen LogP contribution in [0.5, 0.6) is 0 Å². The standard InChI is InChI=1S/C16H17Cl2N/c1-10-3-4-12(5-11(10)2)6-16(19)13-7-14(17)9-15(18)8-13/h3-5,7-9,16H,6,19H2,1-2H3. The summed E-state index contributed by atoms with van der Waals surface area (Å²) in [6.07, 6.45) is 0.776. The molecule has 1 unspecified atom stereocenters. The molecule has 0 aromatic heterocycles. The predicted molar refractivity (Wildman–Crippen MR) is 83.0 cm³/mol. The van der Waals surface area contributed by atoms with E-state index in [9.17, 15) is 0 Å². The fourth-order valence-electron chi connectivity index (χ4n) is 2.09. The third-order valence-corrected chi connectivity index (χ3v) is 3.78. The van der Waals surface area contributed by atoms with E-state index in [1.165, 1.54) is 16.7 Å². The molecule has 0 bridgehead atoms. The Kier molecular flexibility index (Phi) is 4.51. The van der Waals surface area contributed by atoms with Gasteiger partial charge in [-0.25, -0.2) is 0 Å². The van der Waals surface area contributed by atoms with E-state index in [1.54, 1.807) is 6.07 Å². The largest absolute Gasteiger partial charge is 0.324 e. The van der Waals surface area contributed by atoms with Gasteiger partial charge in [-0.2, -0.15) is 0 Å². The number of hydrogen-bond donors (Lipinski definition) is 1. The topological polar surface area (TPSA) is 26.0 Å². The lowest BCUT2D eigenvalue weighted by molar-refractivity contribution is 0.721. The second kappa shape index (κ2) is 5.96. The van der Waals surface area contributed by atoms with E-state index < -0.39 is 0 Å². The van der Waals surface area contributed by atoms with E-state index in [1.807, 2.05) is 12.1 Å². The SMILES string of the molecule is Cc1ccc(CC(N)c2cc(Cl)cc(Cl)c2)cc1C. The zero-order valence-corrected chi connectivity index (χ0v) is 12.6. The third-order valence-electron chi connectivity index (χ3n) is 3.34. The van der Waals surface area contributed by atoms with E-state index in [0.717, 1.165) is 12.0 Å². The van der Waals surface area contributed by atoms with Gasteiger partial charge in [-0.1, -0.05) is 41.4 Å². The number of benzene rings is 2. The van der Waals surface area contributed by atoms with E-state index in [-0.39, 0.29) is 6.04 Å². The first-order valence-electron chi connectivity index (χ1n) is 6.23. The second-order valence-corrected chi connectivity index (χ2v) is 5.80. The predicted octanol–water partition coefficient (Wildman–Crippen LogP) is 4.85. The van der Waals surface area contributed by atoms with Crippen LogP contribution in [0, 0.1) is 13.8 Å². The van der Waals surface area contributed by atoms with Gasteiger partial charge in [-0.05, 0) is 60.7 Å². The molecule has 0 saturated carbocycles. The molecule has 0 amide bonds. The van der Waals surface area contributed by atoms with Gasteiger partial charge in [0.15, 0.2) is 0 Å². The van der Waals surface area contributed by atoms with Crippen molar-refractivity contribution in [3.63, 3.8) is 0 Å². The molecule has 100 valence electrons. The van der Waals surface area contributed by atoms with Crippen LogP contribution in [0.15, 0.2) is 36.4 Å². The van der Waals surface area contributed by atoms with Crippen molar-refractivity contribution in [3.05, 3.63) is 68.7 Å². The molecular formula is C16H17Cl2N. The summed E-state index contributed by atoms with van der Waals surface area (Å²) in [5.41, 5.74) is 11.0. The van der Waals surface area contributed by atoms with E-state index in [0.29, 0.717) is 10.0 Å². The molecule has 1 atom stereocenters. The number of hydrogen-bond acceptors (Lipinski definition) is 1. The summed E-state index contributed by atoms with van der Waals surface area (Å²) in [6.45, 7) is 4.22. The summed E-state index contributed by atoms with van der Waals surface area (Å²) in [6, 6.07) is 11.8. The van der Waals surface area contributed by atoms with Crippen LogP contribution >= 0.6 is 23.2 Å². The Morgan fingerprint density at radius 3 is 2.16 bits per heavy atom. The number of rotatable bonds is 3. The minimum Gasteiger partial charge on any atom is -0.324 e. The molecule has 1 nitrogen and oxygen atoms in total. The van der Waals surface area contributed by atoms with Gasteiger partial charge in [0.25, 0.3) is 0 Å². The van der Waals surface area contributed by atoms with Crippen molar-refractivity contribution >= 4 is 23.2 Å². The maximum Gasteiger partial charge on any atom is 0.0424 e. The molecule has 0 heterocycles. The van der Waals surface area contributed by atoms with Crippen LogP contribution in [-0.4, -0.2) is 0 Å². The molecule has 0 aliphatic carbocycles. The van der Waals surface area contributed by atoms with Crippen molar-refractivity contribution in [1.82, 2.24) is 0 Å². The summed E-state index contributed by atoms with van der Waals surface area (Å²) >= 11 is 12.0. The molecule has 2 aromatic carbocycles. The van der Waals surface area contributed by atoms with Gasteiger partial charge in [0.2, 0.25) is 0 Å². The summed E-state index contributed by atoms with van der Waals surface area (Å²) in [5.74, 6) is 0. The van der Waals surface area contributed by atoms with Gasteiger partial charge in [0.05, 0.1) is 0 Å². The summed E-state index contributed by atoms with van der Waals surface area (Å²) < 4.78 is 0. The zero-order chi connectivity index (χ0) is 14.0. The summed E-state index contributed by atoms with van der Waals surface area (Å²) in [5, 5.41) is 1.25. The molecule has 0 radical (unpaired) electrons. The molecule has 2 rings (SSSR count). The van der Waals surface area contributed by atoms with Crippen LogP contribution < -0.4 is 5.73 Å². The smallest absolute Gasteiger partial charge is 0.0424 e. The molecular weight excluding hydrogens is 277 g/mol. The lowest BCUT2D eigenvalue weighted by Crippen LogP contribution is -2.13. The first-order valence-corrected chi connectivity index (χ1v) is 6.99. The van der Waals surface area contributed by atoms with Gasteiger partial charge in [-0.3, -0.25) is 0 Å². The molecule has 2 aromatic rings. The Balaban J connectivity index is 2.20. The normalized spacial score (nSPS) is 12.5. The van der Waals surface area contributed by atoms with Crippen LogP contribution in [0.2, 0.25) is 10.0 Å². The summed E-state index contributed by atoms with van der Waals surface area (Å²) in [7, 11) is 0. The lowest BCUT2D eigenvalue weighted by Gasteiger charge is -2.14. The van der Waals surface area contributed by atoms with Gasteiger partial charge in [0.1, 0.15) is 0 Å². The van der Waals surface area contributed by atoms with Crippen molar-refractivity contribution in [2.75, 3.05) is 0 Å². The van der Waals surface area contributed by atoms with E-state index in [4.69, 9.17) is 28.9 Å². The zero-order valence-electron chi connectivity index (χ0n) is 11.1. The van der Waals surface area contributed by atoms with Crippen molar-refractivity contribution in [2.45, 2.75) is 26.3 Å². The minimum absolute atomic E-state index is 0.0988. The molecule has 3 heteroatoms. The fraction of sp³-hybridized carbons (Fsp3) is 0.250. The van der Waals surface area contributed by atoms with Gasteiger partial charge < -0.3 is 5.73 Å². The maximum absolute atomic E-state index is 6.24. The van der Waals surface area contributed by atoms with Crippen LogP contribution in [0.3, 0.4) is 0 Å². The van der Waals surface area contributed by atoms with E-state index in [2.05, 4.69) is 32.0 Å². The number of halogens is 2. The van der Waals surface area contributed by atoms with Crippen LogP contribution in [0.1, 0.15) is 28.3 Å². The van der Waals surface area contributed by atoms with E-state index >= 15 is 0 Å². The molecule has 0 fully saturated rings. The summed E-state index contributed by atoms with van der Waals surface area (Å²) in [4.78, 5) is 0. The highest BCUT2D eigenvalue weighted by Crippen LogP contribution is 2.25. The van der Waals surface area contributed by atoms with Gasteiger partial charge >= 0.3 is 0 Å². The number of aryl methyl sites for hydroxylation is 2. The van der Waals surface area contributed by atoms with Crippen molar-refractivity contribution in [3.8, 4) is 0 Å². The Morgan fingerprint density at radius 1 is 0.947 bits per heavy atom. The maximum atomic E-state index is 6.24. The number of nitrogens with two attached hydrogens (primary N) is 1. The molecule has 0 saturated heterocycles. The quantitative estimate of drug-likeness (QED) is 0.860. The average molecular weight is 294 g/mol. The lowest BCUT2D eigenvalue weighted by atomic mass is 9.97. The van der Waals surface area contributed by atoms with Crippen molar-refractivity contribution in [1.29, 1.82) is 0 Å². The fourth-order valence-corrected chi connectivity index (χ4v) is 2.63. The first kappa shape index (κ1) is 14.4. The highest BCUT2D eigenvalue weighted by atomic mass is 35.5. The Bertz CT molecular complexity index is 573. The highest BCUT2D eigenvalue weighted by molar-refractivity contribution is 6.34. The molecule has 19 heavy (non-hydrogen) atoms. The van der Waals surface area contributed by atoms with Crippen LogP contribution in [-0.2, 0) is 6.42 Å². The molecule has 2 N–H and O–H groups in total. The second-order valence-electron chi connectivity index (χ2n) is 4.93. The average Bonchev–Trinajstić information content (AvgIpc) is 2.32. The van der Waals surface area contributed by atoms with Crippen molar-refractivity contribution in [2.24, 2.45) is 5.73 Å². The molecule has 0 aliphatic heterocycles. The van der Waals surface area contributed by atoms with Gasteiger partial charge in [0, 0.05) is 16.1 Å². The molecule has 0 spiro atoms. The van der Waals surface area contributed by atoms with Crippen molar-refractivity contribution < 1.29 is 0 Å². The van der Waals surface area contributed by atoms with Crippen LogP contribution in [0.4, 0.5) is 0 Å². The van der Waals surface area contributed by atoms with Crippen LogP contribution in [0.25, 0.3) is 0 Å². The molecule has 0 aliphatic rings. The minimum atomic E-state index is -0.0988. The Morgan fingerprint density at radius 2 is 1.58 bits per heavy atom. The first-order chi connectivity index (χ1) is 8.95. The Labute approximate surface area is 124 Å². The monoisotopic (exact) mass is 293 g/mol. The third kappa shape index (κ3) is 3.73. The van der Waals surface area contributed by atoms with Gasteiger partial charge in [-0.15, -0.1) is 0 Å². The highest BCUT2D eigenvalue weighted by Gasteiger charge is 2.09. The Hall–Kier alpha value is -1.02.